The van der Waals surface area contributed by atoms with Crippen molar-refractivity contribution in [2.24, 2.45) is 0 Å². The highest BCUT2D eigenvalue weighted by molar-refractivity contribution is 7.47. The van der Waals surface area contributed by atoms with Gasteiger partial charge in [0.1, 0.15) is 19.3 Å². The second-order valence-electron chi connectivity index (χ2n) is 16.8. The molecule has 0 saturated heterocycles. The minimum Gasteiger partial charge on any atom is -0.457 e. The van der Waals surface area contributed by atoms with E-state index >= 15 is 0 Å². The minimum atomic E-state index is -4.29. The van der Waals surface area contributed by atoms with Crippen molar-refractivity contribution < 1.29 is 37.3 Å². The molecule has 0 aromatic heterocycles. The third-order valence-electron chi connectivity index (χ3n) is 9.69. The second-order valence-corrected chi connectivity index (χ2v) is 18.2. The van der Waals surface area contributed by atoms with E-state index in [-0.39, 0.29) is 25.8 Å². The fourth-order valence-electron chi connectivity index (χ4n) is 6.01. The number of quaternary nitrogens is 1. The number of rotatable bonds is 43. The molecule has 0 rings (SSSR count). The van der Waals surface area contributed by atoms with Gasteiger partial charge < -0.3 is 18.9 Å². The molecule has 0 heterocycles. The molecule has 0 amide bonds. The number of likely N-dealkylation sites (N-methyl/N-ethyl adjacent to an activating group) is 1. The Hall–Kier alpha value is -2.32. The lowest BCUT2D eigenvalue weighted by Crippen LogP contribution is -2.37. The fraction of sp³-hybridized carbons (Fsp3) is 0.706. The lowest BCUT2D eigenvalue weighted by Gasteiger charge is -2.24. The molecule has 8 nitrogen and oxygen atoms in total. The molecule has 2 atom stereocenters. The Morgan fingerprint density at radius 3 is 1.45 bits per heavy atom. The van der Waals surface area contributed by atoms with Gasteiger partial charge >= 0.3 is 13.8 Å². The number of hydrogen-bond acceptors (Lipinski definition) is 6. The van der Waals surface area contributed by atoms with Crippen LogP contribution in [-0.2, 0) is 27.9 Å². The van der Waals surface area contributed by atoms with E-state index in [0.29, 0.717) is 24.1 Å². The first-order chi connectivity index (χ1) is 29.1. The van der Waals surface area contributed by atoms with Gasteiger partial charge in [0, 0.05) is 13.0 Å². The summed E-state index contributed by atoms with van der Waals surface area (Å²) in [6, 6.07) is 0. The van der Waals surface area contributed by atoms with E-state index in [0.717, 1.165) is 89.9 Å². The maximum Gasteiger partial charge on any atom is 0.472 e. The maximum atomic E-state index is 12.7. The number of carbonyl (C=O) groups is 1. The van der Waals surface area contributed by atoms with Crippen LogP contribution in [0, 0.1) is 0 Å². The Bertz CT molecular complexity index is 1230. The van der Waals surface area contributed by atoms with Crippen molar-refractivity contribution in [1.82, 2.24) is 0 Å². The fourth-order valence-corrected chi connectivity index (χ4v) is 6.75. The molecule has 0 radical (unpaired) electrons. The van der Waals surface area contributed by atoms with Gasteiger partial charge in [-0.2, -0.15) is 0 Å². The SMILES string of the molecule is CC/C=C\C/C=C\C/C=C\C/C=C\C/C=C\CCCCCCCCCC(=O)OC(COCCCCCCCC/C=C\C/C=C\CCCC)COP(=O)(O)OCC[N+](C)(C)C. The number of unbranched alkanes of at least 4 members (excludes halogenated alkanes) is 15. The standard InChI is InChI=1S/C51H90NO7P/c1-6-8-10-12-14-16-18-20-22-23-24-25-26-27-28-29-30-32-34-36-38-40-42-44-51(53)59-50(49-58-60(54,55)57-47-45-52(3,4)5)48-56-46-43-41-39-37-35-33-31-21-19-17-15-13-11-9-7-2/h8,10,13-16,19-22,24-25,27-28,50H,6-7,9,11-12,17-18,23,26,29-49H2,1-5H3/p+1/b10-8-,15-13-,16-14-,21-19-,22-20-,25-24-,28-27-. The van der Waals surface area contributed by atoms with Crippen LogP contribution >= 0.6 is 7.82 Å². The quantitative estimate of drug-likeness (QED) is 0.0215. The van der Waals surface area contributed by atoms with Crippen molar-refractivity contribution in [2.45, 2.75) is 180 Å². The summed E-state index contributed by atoms with van der Waals surface area (Å²) in [7, 11) is 1.64. The summed E-state index contributed by atoms with van der Waals surface area (Å²) in [5, 5.41) is 0. The summed E-state index contributed by atoms with van der Waals surface area (Å²) < 4.78 is 35.0. The molecule has 0 aliphatic rings. The molecule has 0 aromatic carbocycles. The first-order valence-electron chi connectivity index (χ1n) is 23.8. The van der Waals surface area contributed by atoms with E-state index in [1.54, 1.807) is 0 Å². The number of ether oxygens (including phenoxy) is 2. The second kappa shape index (κ2) is 43.3. The molecule has 2 unspecified atom stereocenters. The predicted octanol–water partition coefficient (Wildman–Crippen LogP) is 14.4. The number of nitrogens with zero attached hydrogens (tertiary/aromatic N) is 1. The molecule has 0 saturated carbocycles. The smallest absolute Gasteiger partial charge is 0.457 e. The van der Waals surface area contributed by atoms with Gasteiger partial charge in [0.15, 0.2) is 0 Å². The molecule has 346 valence electrons. The van der Waals surface area contributed by atoms with Gasteiger partial charge in [-0.1, -0.05) is 170 Å². The van der Waals surface area contributed by atoms with E-state index < -0.39 is 13.9 Å². The van der Waals surface area contributed by atoms with Crippen LogP contribution in [0.2, 0.25) is 0 Å². The molecule has 9 heteroatoms. The number of phosphoric ester groups is 1. The average Bonchev–Trinajstić information content (AvgIpc) is 3.20. The molecule has 0 aliphatic heterocycles. The van der Waals surface area contributed by atoms with Gasteiger partial charge in [0.2, 0.25) is 0 Å². The highest BCUT2D eigenvalue weighted by atomic mass is 31.2. The van der Waals surface area contributed by atoms with Crippen LogP contribution in [-0.4, -0.2) is 75.6 Å². The first-order valence-corrected chi connectivity index (χ1v) is 25.3. The van der Waals surface area contributed by atoms with E-state index in [9.17, 15) is 14.3 Å². The zero-order valence-corrected chi connectivity index (χ0v) is 40.1. The molecule has 0 bridgehead atoms. The van der Waals surface area contributed by atoms with Crippen LogP contribution in [0.4, 0.5) is 0 Å². The van der Waals surface area contributed by atoms with Crippen LogP contribution < -0.4 is 0 Å². The van der Waals surface area contributed by atoms with Crippen LogP contribution in [0.5, 0.6) is 0 Å². The summed E-state index contributed by atoms with van der Waals surface area (Å²) in [6.45, 7) is 5.41. The summed E-state index contributed by atoms with van der Waals surface area (Å²) in [6.07, 6.45) is 57.6. The minimum absolute atomic E-state index is 0.0794. The Morgan fingerprint density at radius 1 is 0.533 bits per heavy atom. The highest BCUT2D eigenvalue weighted by Gasteiger charge is 2.26. The molecular weight excluding hydrogens is 770 g/mol. The van der Waals surface area contributed by atoms with Crippen LogP contribution in [0.25, 0.3) is 0 Å². The zero-order valence-electron chi connectivity index (χ0n) is 39.2. The Kier molecular flexibility index (Phi) is 41.7. The maximum absolute atomic E-state index is 12.7. The summed E-state index contributed by atoms with van der Waals surface area (Å²) in [5.41, 5.74) is 0. The van der Waals surface area contributed by atoms with Crippen molar-refractivity contribution in [2.75, 3.05) is 54.1 Å². The van der Waals surface area contributed by atoms with Gasteiger partial charge in [-0.15, -0.1) is 0 Å². The molecular formula is C51H91NO7P+. The lowest BCUT2D eigenvalue weighted by molar-refractivity contribution is -0.870. The average molecular weight is 861 g/mol. The van der Waals surface area contributed by atoms with Crippen LogP contribution in [0.3, 0.4) is 0 Å². The highest BCUT2D eigenvalue weighted by Crippen LogP contribution is 2.43. The monoisotopic (exact) mass is 861 g/mol. The van der Waals surface area contributed by atoms with Crippen LogP contribution in [0.1, 0.15) is 174 Å². The van der Waals surface area contributed by atoms with E-state index in [1.807, 2.05) is 21.1 Å². The Morgan fingerprint density at radius 2 is 0.967 bits per heavy atom. The topological polar surface area (TPSA) is 91.3 Å². The molecule has 0 aromatic rings. The molecule has 0 aliphatic carbocycles. The van der Waals surface area contributed by atoms with Crippen LogP contribution in [0.15, 0.2) is 85.1 Å². The van der Waals surface area contributed by atoms with Gasteiger partial charge in [0.05, 0.1) is 34.4 Å². The number of phosphoric acid groups is 1. The van der Waals surface area contributed by atoms with Gasteiger partial charge in [-0.3, -0.25) is 13.8 Å². The predicted molar refractivity (Wildman–Crippen MR) is 256 cm³/mol. The lowest BCUT2D eigenvalue weighted by atomic mass is 10.1. The normalized spacial score (nSPS) is 14.4. The van der Waals surface area contributed by atoms with Gasteiger partial charge in [-0.05, 0) is 83.5 Å². The number of carbonyl (C=O) groups excluding carboxylic acids is 1. The molecule has 60 heavy (non-hydrogen) atoms. The third-order valence-corrected chi connectivity index (χ3v) is 10.7. The zero-order chi connectivity index (χ0) is 44.1. The van der Waals surface area contributed by atoms with Crippen molar-refractivity contribution >= 4 is 13.8 Å². The summed E-state index contributed by atoms with van der Waals surface area (Å²) in [4.78, 5) is 23.0. The molecule has 1 N–H and O–H groups in total. The number of hydrogen-bond donors (Lipinski definition) is 1. The number of esters is 1. The first kappa shape index (κ1) is 57.7. The summed E-state index contributed by atoms with van der Waals surface area (Å²) in [5.74, 6) is -0.332. The Labute approximate surface area is 369 Å². The van der Waals surface area contributed by atoms with E-state index in [4.69, 9.17) is 18.5 Å². The molecule has 0 spiro atoms. The Balaban J connectivity index is 4.23. The third kappa shape index (κ3) is 46.7. The summed E-state index contributed by atoms with van der Waals surface area (Å²) >= 11 is 0. The van der Waals surface area contributed by atoms with E-state index in [2.05, 4.69) is 98.9 Å². The molecule has 0 fully saturated rings. The van der Waals surface area contributed by atoms with Crippen molar-refractivity contribution in [3.8, 4) is 0 Å². The van der Waals surface area contributed by atoms with Crippen molar-refractivity contribution in [3.63, 3.8) is 0 Å². The van der Waals surface area contributed by atoms with Crippen molar-refractivity contribution in [3.05, 3.63) is 85.1 Å². The van der Waals surface area contributed by atoms with Gasteiger partial charge in [-0.25, -0.2) is 4.57 Å². The van der Waals surface area contributed by atoms with Crippen molar-refractivity contribution in [1.29, 1.82) is 0 Å². The largest absolute Gasteiger partial charge is 0.472 e. The van der Waals surface area contributed by atoms with E-state index in [1.165, 1.54) is 64.2 Å². The number of allylic oxidation sites excluding steroid dienone is 14. The van der Waals surface area contributed by atoms with Gasteiger partial charge in [0.25, 0.3) is 0 Å².